The smallest absolute Gasteiger partial charge is 0.242 e. The second kappa shape index (κ2) is 11.6. The van der Waals surface area contributed by atoms with Crippen LogP contribution in [0.25, 0.3) is 0 Å². The molecule has 30 heavy (non-hydrogen) atoms. The third-order valence-electron chi connectivity index (χ3n) is 4.67. The van der Waals surface area contributed by atoms with E-state index in [1.54, 1.807) is 41.3 Å². The van der Waals surface area contributed by atoms with Crippen molar-refractivity contribution in [3.63, 3.8) is 0 Å². The Bertz CT molecular complexity index is 887. The Morgan fingerprint density at radius 2 is 1.73 bits per heavy atom. The van der Waals surface area contributed by atoms with Gasteiger partial charge in [0.15, 0.2) is 0 Å². The van der Waals surface area contributed by atoms with Crippen molar-refractivity contribution < 1.29 is 9.59 Å². The minimum Gasteiger partial charge on any atom is -0.354 e. The Hall–Kier alpha value is -1.75. The molecule has 0 saturated carbocycles. The van der Waals surface area contributed by atoms with E-state index in [-0.39, 0.29) is 24.8 Å². The molecule has 1 atom stereocenters. The monoisotopic (exact) mass is 468 g/mol. The number of hydrogen-bond donors (Lipinski definition) is 1. The standard InChI is InChI=1S/C23H27Cl3N2O2/c1-4-21(23(30)27-13-15(2)3)28(14-17-8-9-19(25)12-20(17)26)22(29)11-16-6-5-7-18(24)10-16/h5-10,12,15,21H,4,11,13-14H2,1-3H3,(H,27,30). The number of hydrogen-bond acceptors (Lipinski definition) is 2. The summed E-state index contributed by atoms with van der Waals surface area (Å²) in [6, 6.07) is 11.7. The van der Waals surface area contributed by atoms with Crippen molar-refractivity contribution in [2.75, 3.05) is 6.54 Å². The highest BCUT2D eigenvalue weighted by Gasteiger charge is 2.29. The highest BCUT2D eigenvalue weighted by atomic mass is 35.5. The summed E-state index contributed by atoms with van der Waals surface area (Å²) in [5, 5.41) is 4.48. The number of halogens is 3. The third kappa shape index (κ3) is 7.19. The minimum absolute atomic E-state index is 0.139. The van der Waals surface area contributed by atoms with Crippen LogP contribution in [0, 0.1) is 5.92 Å². The average molecular weight is 470 g/mol. The number of nitrogens with one attached hydrogen (secondary N) is 1. The summed E-state index contributed by atoms with van der Waals surface area (Å²) in [4.78, 5) is 27.8. The van der Waals surface area contributed by atoms with Crippen molar-refractivity contribution in [3.8, 4) is 0 Å². The lowest BCUT2D eigenvalue weighted by molar-refractivity contribution is -0.141. The van der Waals surface area contributed by atoms with E-state index in [1.165, 1.54) is 0 Å². The van der Waals surface area contributed by atoms with E-state index in [1.807, 2.05) is 26.8 Å². The topological polar surface area (TPSA) is 49.4 Å². The predicted octanol–water partition coefficient (Wildman–Crippen LogP) is 5.77. The van der Waals surface area contributed by atoms with Crippen LogP contribution in [0.3, 0.4) is 0 Å². The van der Waals surface area contributed by atoms with Crippen molar-refractivity contribution >= 4 is 46.6 Å². The molecule has 2 amide bonds. The van der Waals surface area contributed by atoms with Crippen molar-refractivity contribution in [1.29, 1.82) is 0 Å². The van der Waals surface area contributed by atoms with Gasteiger partial charge in [-0.2, -0.15) is 0 Å². The van der Waals surface area contributed by atoms with E-state index in [4.69, 9.17) is 34.8 Å². The van der Waals surface area contributed by atoms with Crippen molar-refractivity contribution in [2.24, 2.45) is 5.92 Å². The van der Waals surface area contributed by atoms with Crippen LogP contribution < -0.4 is 5.32 Å². The Morgan fingerprint density at radius 3 is 2.33 bits per heavy atom. The molecule has 0 fully saturated rings. The fraction of sp³-hybridized carbons (Fsp3) is 0.391. The fourth-order valence-electron chi connectivity index (χ4n) is 3.10. The molecule has 4 nitrogen and oxygen atoms in total. The number of nitrogens with zero attached hydrogens (tertiary/aromatic N) is 1. The van der Waals surface area contributed by atoms with Gasteiger partial charge in [-0.15, -0.1) is 0 Å². The molecular formula is C23H27Cl3N2O2. The van der Waals surface area contributed by atoms with Gasteiger partial charge >= 0.3 is 0 Å². The number of carbonyl (C=O) groups excluding carboxylic acids is 2. The molecule has 162 valence electrons. The molecule has 0 heterocycles. The van der Waals surface area contributed by atoms with Crippen LogP contribution in [0.1, 0.15) is 38.3 Å². The maximum atomic E-state index is 13.3. The molecule has 7 heteroatoms. The first-order chi connectivity index (χ1) is 14.2. The predicted molar refractivity (Wildman–Crippen MR) is 124 cm³/mol. The van der Waals surface area contributed by atoms with Crippen LogP contribution in [-0.4, -0.2) is 29.3 Å². The Balaban J connectivity index is 2.31. The highest BCUT2D eigenvalue weighted by Crippen LogP contribution is 2.24. The summed E-state index contributed by atoms with van der Waals surface area (Å²) < 4.78 is 0. The Kier molecular flexibility index (Phi) is 9.47. The van der Waals surface area contributed by atoms with Gasteiger partial charge in [-0.3, -0.25) is 9.59 Å². The molecule has 2 rings (SSSR count). The van der Waals surface area contributed by atoms with Crippen LogP contribution in [0.4, 0.5) is 0 Å². The summed E-state index contributed by atoms with van der Waals surface area (Å²) in [6.45, 7) is 6.70. The first-order valence-electron chi connectivity index (χ1n) is 9.96. The molecule has 2 aromatic rings. The maximum absolute atomic E-state index is 13.3. The summed E-state index contributed by atoms with van der Waals surface area (Å²) in [5.74, 6) is -0.0293. The quantitative estimate of drug-likeness (QED) is 0.507. The molecule has 0 aromatic heterocycles. The largest absolute Gasteiger partial charge is 0.354 e. The van der Waals surface area contributed by atoms with Gasteiger partial charge in [0, 0.05) is 28.2 Å². The van der Waals surface area contributed by atoms with E-state index in [9.17, 15) is 9.59 Å². The SMILES string of the molecule is CCC(C(=O)NCC(C)C)N(Cc1ccc(Cl)cc1Cl)C(=O)Cc1cccc(Cl)c1. The summed E-state index contributed by atoms with van der Waals surface area (Å²) in [6.07, 6.45) is 0.621. The van der Waals surface area contributed by atoms with Crippen molar-refractivity contribution in [1.82, 2.24) is 10.2 Å². The van der Waals surface area contributed by atoms with Crippen LogP contribution in [0.2, 0.25) is 15.1 Å². The molecule has 0 saturated heterocycles. The molecular weight excluding hydrogens is 443 g/mol. The Labute approximate surface area is 193 Å². The van der Waals surface area contributed by atoms with Gasteiger partial charge < -0.3 is 10.2 Å². The van der Waals surface area contributed by atoms with E-state index in [0.717, 1.165) is 11.1 Å². The molecule has 0 spiro atoms. The van der Waals surface area contributed by atoms with E-state index >= 15 is 0 Å². The maximum Gasteiger partial charge on any atom is 0.242 e. The molecule has 0 aliphatic rings. The zero-order chi connectivity index (χ0) is 22.3. The zero-order valence-electron chi connectivity index (χ0n) is 17.4. The van der Waals surface area contributed by atoms with Gasteiger partial charge in [0.1, 0.15) is 6.04 Å². The lowest BCUT2D eigenvalue weighted by atomic mass is 10.1. The second-order valence-corrected chi connectivity index (χ2v) is 8.91. The van der Waals surface area contributed by atoms with Gasteiger partial charge in [0.2, 0.25) is 11.8 Å². The molecule has 0 bridgehead atoms. The molecule has 0 aliphatic carbocycles. The molecule has 0 radical (unpaired) electrons. The van der Waals surface area contributed by atoms with Gasteiger partial charge in [-0.05, 0) is 47.7 Å². The second-order valence-electron chi connectivity index (χ2n) is 7.63. The van der Waals surface area contributed by atoms with E-state index in [0.29, 0.717) is 34.0 Å². The fourth-order valence-corrected chi connectivity index (χ4v) is 3.78. The van der Waals surface area contributed by atoms with Crippen molar-refractivity contribution in [2.45, 2.75) is 46.2 Å². The van der Waals surface area contributed by atoms with E-state index < -0.39 is 6.04 Å². The number of benzene rings is 2. The summed E-state index contributed by atoms with van der Waals surface area (Å²) in [5.41, 5.74) is 1.52. The van der Waals surface area contributed by atoms with Crippen LogP contribution in [0.5, 0.6) is 0 Å². The third-order valence-corrected chi connectivity index (χ3v) is 5.49. The first-order valence-corrected chi connectivity index (χ1v) is 11.1. The van der Waals surface area contributed by atoms with Gasteiger partial charge in [-0.1, -0.05) is 73.8 Å². The first kappa shape index (κ1) is 24.5. The Morgan fingerprint density at radius 1 is 1.03 bits per heavy atom. The summed E-state index contributed by atoms with van der Waals surface area (Å²) >= 11 is 18.4. The highest BCUT2D eigenvalue weighted by molar-refractivity contribution is 6.35. The molecule has 1 N–H and O–H groups in total. The number of carbonyl (C=O) groups is 2. The number of amides is 2. The lowest BCUT2D eigenvalue weighted by Gasteiger charge is -2.31. The summed E-state index contributed by atoms with van der Waals surface area (Å²) in [7, 11) is 0. The average Bonchev–Trinajstić information content (AvgIpc) is 2.67. The van der Waals surface area contributed by atoms with Gasteiger partial charge in [0.25, 0.3) is 0 Å². The molecule has 0 aliphatic heterocycles. The molecule has 1 unspecified atom stereocenters. The number of rotatable bonds is 9. The van der Waals surface area contributed by atoms with Gasteiger partial charge in [0.05, 0.1) is 6.42 Å². The van der Waals surface area contributed by atoms with Crippen molar-refractivity contribution in [3.05, 3.63) is 68.7 Å². The normalized spacial score (nSPS) is 12.0. The van der Waals surface area contributed by atoms with Crippen LogP contribution in [-0.2, 0) is 22.6 Å². The van der Waals surface area contributed by atoms with Gasteiger partial charge in [-0.25, -0.2) is 0 Å². The van der Waals surface area contributed by atoms with Crippen LogP contribution >= 0.6 is 34.8 Å². The molecule has 2 aromatic carbocycles. The zero-order valence-corrected chi connectivity index (χ0v) is 19.7. The minimum atomic E-state index is -0.609. The lowest BCUT2D eigenvalue weighted by Crippen LogP contribution is -2.50. The van der Waals surface area contributed by atoms with Crippen LogP contribution in [0.15, 0.2) is 42.5 Å². The van der Waals surface area contributed by atoms with E-state index in [2.05, 4.69) is 5.32 Å².